The van der Waals surface area contributed by atoms with Gasteiger partial charge in [-0.05, 0) is 24.6 Å². The maximum absolute atomic E-state index is 9.24. The van der Waals surface area contributed by atoms with E-state index in [1.807, 2.05) is 25.1 Å². The number of nitrogens with two attached hydrogens (primary N) is 1. The molecule has 4 nitrogen and oxygen atoms in total. The molecule has 0 spiro atoms. The van der Waals surface area contributed by atoms with E-state index >= 15 is 0 Å². The highest BCUT2D eigenvalue weighted by Crippen LogP contribution is 2.24. The summed E-state index contributed by atoms with van der Waals surface area (Å²) in [5.74, 6) is -0.239. The molecule has 1 rings (SSSR count). The van der Waals surface area contributed by atoms with Crippen LogP contribution in [0.5, 0.6) is 5.75 Å². The van der Waals surface area contributed by atoms with Crippen molar-refractivity contribution in [2.75, 3.05) is 13.7 Å². The zero-order valence-electron chi connectivity index (χ0n) is 8.66. The van der Waals surface area contributed by atoms with Gasteiger partial charge in [0.1, 0.15) is 5.75 Å². The summed E-state index contributed by atoms with van der Waals surface area (Å²) in [6.07, 6.45) is 0. The molecule has 0 unspecified atom stereocenters. The Kier molecular flexibility index (Phi) is 6.49. The molecule has 84 valence electrons. The van der Waals surface area contributed by atoms with Gasteiger partial charge in [0, 0.05) is 0 Å². The Morgan fingerprint density at radius 1 is 1.60 bits per heavy atom. The van der Waals surface area contributed by atoms with Gasteiger partial charge in [0.15, 0.2) is 0 Å². The monoisotopic (exact) mass is 231 g/mol. The van der Waals surface area contributed by atoms with Gasteiger partial charge in [-0.2, -0.15) is 0 Å². The van der Waals surface area contributed by atoms with Crippen molar-refractivity contribution in [3.63, 3.8) is 0 Å². The van der Waals surface area contributed by atoms with E-state index in [1.165, 1.54) is 0 Å². The number of hydrogen-bond acceptors (Lipinski definition) is 3. The van der Waals surface area contributed by atoms with Crippen LogP contribution in [0.3, 0.4) is 0 Å². The standard InChI is InChI=1S/C8H9ClO.C2H5NO2/c1-6-3-4-8(10-2)7(9)5-6;3-1-2(4)5/h3-5H,1-2H3;1,3H2,(H,4,5). The third-order valence-electron chi connectivity index (χ3n) is 1.48. The van der Waals surface area contributed by atoms with Gasteiger partial charge in [-0.25, -0.2) is 0 Å². The SMILES string of the molecule is COc1ccc(C)cc1Cl.NCC(=O)O. The lowest BCUT2D eigenvalue weighted by Gasteiger charge is -2.01. The molecule has 0 atom stereocenters. The fraction of sp³-hybridized carbons (Fsp3) is 0.300. The molecule has 0 aliphatic rings. The molecule has 0 fully saturated rings. The molecule has 0 heterocycles. The first kappa shape index (κ1) is 13.7. The topological polar surface area (TPSA) is 72.5 Å². The summed E-state index contributed by atoms with van der Waals surface area (Å²) < 4.78 is 4.97. The lowest BCUT2D eigenvalue weighted by atomic mass is 10.2. The largest absolute Gasteiger partial charge is 0.495 e. The average Bonchev–Trinajstić information content (AvgIpc) is 2.19. The van der Waals surface area contributed by atoms with Crippen molar-refractivity contribution in [1.29, 1.82) is 0 Å². The first-order valence-corrected chi connectivity index (χ1v) is 4.61. The highest BCUT2D eigenvalue weighted by atomic mass is 35.5. The minimum atomic E-state index is -0.968. The van der Waals surface area contributed by atoms with Gasteiger partial charge >= 0.3 is 5.97 Å². The van der Waals surface area contributed by atoms with Gasteiger partial charge in [0.05, 0.1) is 18.7 Å². The van der Waals surface area contributed by atoms with Crippen LogP contribution in [0, 0.1) is 6.92 Å². The Morgan fingerprint density at radius 3 is 2.47 bits per heavy atom. The molecule has 0 saturated heterocycles. The number of carbonyl (C=O) groups is 1. The first-order chi connectivity index (χ1) is 7.01. The molecular weight excluding hydrogens is 218 g/mol. The number of carboxylic acids is 1. The summed E-state index contributed by atoms with van der Waals surface area (Å²) in [6.45, 7) is 1.71. The second-order valence-electron chi connectivity index (χ2n) is 2.74. The first-order valence-electron chi connectivity index (χ1n) is 4.23. The van der Waals surface area contributed by atoms with Crippen LogP contribution >= 0.6 is 11.6 Å². The molecular formula is C10H14ClNO3. The lowest BCUT2D eigenvalue weighted by Crippen LogP contribution is -2.10. The second-order valence-corrected chi connectivity index (χ2v) is 3.14. The van der Waals surface area contributed by atoms with Crippen LogP contribution in [-0.4, -0.2) is 24.7 Å². The molecule has 0 saturated carbocycles. The Bertz CT molecular complexity index is 328. The molecule has 0 aliphatic carbocycles. The van der Waals surface area contributed by atoms with E-state index in [1.54, 1.807) is 7.11 Å². The molecule has 0 amide bonds. The number of aryl methyl sites for hydroxylation is 1. The van der Waals surface area contributed by atoms with E-state index in [0.29, 0.717) is 5.02 Å². The maximum Gasteiger partial charge on any atom is 0.317 e. The Balaban J connectivity index is 0.000000336. The lowest BCUT2D eigenvalue weighted by molar-refractivity contribution is -0.135. The van der Waals surface area contributed by atoms with E-state index in [0.717, 1.165) is 11.3 Å². The highest BCUT2D eigenvalue weighted by Gasteiger charge is 1.97. The summed E-state index contributed by atoms with van der Waals surface area (Å²) in [7, 11) is 1.61. The third-order valence-corrected chi connectivity index (χ3v) is 1.78. The summed E-state index contributed by atoms with van der Waals surface area (Å²) in [4.78, 5) is 9.24. The Hall–Kier alpha value is -1.26. The summed E-state index contributed by atoms with van der Waals surface area (Å²) >= 11 is 5.80. The van der Waals surface area contributed by atoms with Crippen LogP contribution < -0.4 is 10.5 Å². The minimum Gasteiger partial charge on any atom is -0.495 e. The van der Waals surface area contributed by atoms with Gasteiger partial charge in [-0.3, -0.25) is 4.79 Å². The zero-order chi connectivity index (χ0) is 11.8. The normalized spacial score (nSPS) is 8.80. The smallest absolute Gasteiger partial charge is 0.317 e. The minimum absolute atomic E-state index is 0.278. The van der Waals surface area contributed by atoms with Gasteiger partial charge in [-0.1, -0.05) is 17.7 Å². The van der Waals surface area contributed by atoms with Crippen LogP contribution in [0.1, 0.15) is 5.56 Å². The number of rotatable bonds is 2. The molecule has 0 aliphatic heterocycles. The van der Waals surface area contributed by atoms with Crippen LogP contribution in [0.25, 0.3) is 0 Å². The fourth-order valence-electron chi connectivity index (χ4n) is 0.771. The van der Waals surface area contributed by atoms with E-state index in [2.05, 4.69) is 5.73 Å². The second kappa shape index (κ2) is 7.09. The van der Waals surface area contributed by atoms with E-state index in [4.69, 9.17) is 21.4 Å². The van der Waals surface area contributed by atoms with Crippen LogP contribution in [0.15, 0.2) is 18.2 Å². The molecule has 3 N–H and O–H groups in total. The van der Waals surface area contributed by atoms with Crippen LogP contribution in [0.4, 0.5) is 0 Å². The Labute approximate surface area is 93.6 Å². The van der Waals surface area contributed by atoms with Gasteiger partial charge in [0.25, 0.3) is 0 Å². The van der Waals surface area contributed by atoms with E-state index in [-0.39, 0.29) is 6.54 Å². The average molecular weight is 232 g/mol. The number of aliphatic carboxylic acids is 1. The predicted octanol–water partition coefficient (Wildman–Crippen LogP) is 1.69. The quantitative estimate of drug-likeness (QED) is 0.813. The molecule has 15 heavy (non-hydrogen) atoms. The summed E-state index contributed by atoms with van der Waals surface area (Å²) in [5, 5.41) is 8.27. The molecule has 0 radical (unpaired) electrons. The van der Waals surface area contributed by atoms with Gasteiger partial charge in [0.2, 0.25) is 0 Å². The zero-order valence-corrected chi connectivity index (χ0v) is 9.41. The number of hydrogen-bond donors (Lipinski definition) is 2. The number of carboxylic acid groups (broad SMARTS) is 1. The van der Waals surface area contributed by atoms with Gasteiger partial charge < -0.3 is 15.6 Å². The van der Waals surface area contributed by atoms with Crippen molar-refractivity contribution in [3.8, 4) is 5.75 Å². The number of benzene rings is 1. The van der Waals surface area contributed by atoms with Crippen molar-refractivity contribution in [3.05, 3.63) is 28.8 Å². The summed E-state index contributed by atoms with van der Waals surface area (Å²) in [6, 6.07) is 5.70. The molecule has 0 bridgehead atoms. The molecule has 5 heteroatoms. The molecule has 1 aromatic carbocycles. The molecule has 0 aromatic heterocycles. The number of methoxy groups -OCH3 is 1. The Morgan fingerprint density at radius 2 is 2.13 bits per heavy atom. The fourth-order valence-corrected chi connectivity index (χ4v) is 1.08. The van der Waals surface area contributed by atoms with Crippen molar-refractivity contribution < 1.29 is 14.6 Å². The van der Waals surface area contributed by atoms with Crippen molar-refractivity contribution >= 4 is 17.6 Å². The van der Waals surface area contributed by atoms with Crippen molar-refractivity contribution in [1.82, 2.24) is 0 Å². The predicted molar refractivity (Wildman–Crippen MR) is 59.4 cm³/mol. The number of ether oxygens (including phenoxy) is 1. The molecule has 1 aromatic rings. The van der Waals surface area contributed by atoms with Crippen molar-refractivity contribution in [2.45, 2.75) is 6.92 Å². The number of halogens is 1. The third kappa shape index (κ3) is 5.93. The van der Waals surface area contributed by atoms with Crippen molar-refractivity contribution in [2.24, 2.45) is 5.73 Å². The van der Waals surface area contributed by atoms with Gasteiger partial charge in [-0.15, -0.1) is 0 Å². The van der Waals surface area contributed by atoms with E-state index in [9.17, 15) is 4.79 Å². The van der Waals surface area contributed by atoms with Crippen LogP contribution in [-0.2, 0) is 4.79 Å². The summed E-state index contributed by atoms with van der Waals surface area (Å²) in [5.41, 5.74) is 5.72. The maximum atomic E-state index is 9.24. The van der Waals surface area contributed by atoms with E-state index < -0.39 is 5.97 Å². The highest BCUT2D eigenvalue weighted by molar-refractivity contribution is 6.32. The van der Waals surface area contributed by atoms with Crippen LogP contribution in [0.2, 0.25) is 5.02 Å².